The third-order valence-corrected chi connectivity index (χ3v) is 2.43. The number of aliphatic hydroxyl groups is 1. The lowest BCUT2D eigenvalue weighted by atomic mass is 10.1. The maximum absolute atomic E-state index is 11.8. The molecule has 0 saturated carbocycles. The molecule has 0 radical (unpaired) electrons. The average molecular weight is 274 g/mol. The molecular weight excluding hydrogens is 262 g/mol. The van der Waals surface area contributed by atoms with E-state index in [0.717, 1.165) is 12.3 Å². The number of aromatic nitrogens is 1. The molecule has 0 aliphatic heterocycles. The maximum atomic E-state index is 11.8. The van der Waals surface area contributed by atoms with Crippen LogP contribution >= 0.6 is 11.6 Å². The first kappa shape index (κ1) is 14.3. The lowest BCUT2D eigenvalue weighted by Crippen LogP contribution is -2.46. The summed E-state index contributed by atoms with van der Waals surface area (Å²) in [4.78, 5) is 25.3. The van der Waals surface area contributed by atoms with Gasteiger partial charge in [0.2, 0.25) is 0 Å². The molecule has 2 N–H and O–H groups in total. The van der Waals surface area contributed by atoms with E-state index in [0.29, 0.717) is 0 Å². The van der Waals surface area contributed by atoms with Gasteiger partial charge >= 0.3 is 0 Å². The van der Waals surface area contributed by atoms with E-state index < -0.39 is 16.4 Å². The number of halogens is 1. The van der Waals surface area contributed by atoms with Crippen molar-refractivity contribution in [3.8, 4) is 0 Å². The summed E-state index contributed by atoms with van der Waals surface area (Å²) in [6.07, 6.45) is 0.969. The number of pyridine rings is 1. The number of nitrogens with one attached hydrogen (secondary N) is 1. The summed E-state index contributed by atoms with van der Waals surface area (Å²) in [7, 11) is 0. The van der Waals surface area contributed by atoms with Crippen molar-refractivity contribution in [2.24, 2.45) is 0 Å². The molecule has 7 nitrogen and oxygen atoms in total. The second-order valence-corrected chi connectivity index (χ2v) is 4.64. The standard InChI is InChI=1S/C10H12ClN3O4/c1-10(2,5-15)13-9(16)7-3-6(14(17)18)4-12-8(7)11/h3-4,15H,5H2,1-2H3,(H,13,16). The average Bonchev–Trinajstić information content (AvgIpc) is 2.28. The Labute approximate surface area is 108 Å². The molecule has 0 unspecified atom stereocenters. The summed E-state index contributed by atoms with van der Waals surface area (Å²) in [6.45, 7) is 2.92. The first-order valence-corrected chi connectivity index (χ1v) is 5.38. The maximum Gasteiger partial charge on any atom is 0.288 e. The van der Waals surface area contributed by atoms with Crippen LogP contribution in [0.2, 0.25) is 5.15 Å². The van der Waals surface area contributed by atoms with Crippen LogP contribution in [-0.4, -0.2) is 33.1 Å². The highest BCUT2D eigenvalue weighted by atomic mass is 35.5. The van der Waals surface area contributed by atoms with Gasteiger partial charge in [0.05, 0.1) is 22.6 Å². The quantitative estimate of drug-likeness (QED) is 0.486. The molecule has 1 aromatic rings. The molecule has 8 heteroatoms. The monoisotopic (exact) mass is 273 g/mol. The Morgan fingerprint density at radius 3 is 2.78 bits per heavy atom. The third kappa shape index (κ3) is 3.38. The molecule has 0 aliphatic carbocycles. The van der Waals surface area contributed by atoms with Gasteiger partial charge in [-0.2, -0.15) is 0 Å². The third-order valence-electron chi connectivity index (χ3n) is 2.13. The van der Waals surface area contributed by atoms with E-state index in [1.165, 1.54) is 0 Å². The minimum absolute atomic E-state index is 0.104. The van der Waals surface area contributed by atoms with Crippen LogP contribution < -0.4 is 5.32 Å². The second-order valence-electron chi connectivity index (χ2n) is 4.29. The van der Waals surface area contributed by atoms with Crippen molar-refractivity contribution in [1.29, 1.82) is 0 Å². The molecular formula is C10H12ClN3O4. The van der Waals surface area contributed by atoms with Gasteiger partial charge < -0.3 is 10.4 Å². The lowest BCUT2D eigenvalue weighted by Gasteiger charge is -2.23. The molecule has 0 fully saturated rings. The molecule has 1 rings (SSSR count). The van der Waals surface area contributed by atoms with Gasteiger partial charge in [0.15, 0.2) is 0 Å². The number of hydrogen-bond acceptors (Lipinski definition) is 5. The highest BCUT2D eigenvalue weighted by molar-refractivity contribution is 6.32. The molecule has 0 saturated heterocycles. The number of amides is 1. The van der Waals surface area contributed by atoms with Gasteiger partial charge in [-0.15, -0.1) is 0 Å². The highest BCUT2D eigenvalue weighted by Crippen LogP contribution is 2.19. The van der Waals surface area contributed by atoms with Crippen LogP contribution in [0, 0.1) is 10.1 Å². The molecule has 98 valence electrons. The van der Waals surface area contributed by atoms with E-state index in [9.17, 15) is 14.9 Å². The van der Waals surface area contributed by atoms with Crippen molar-refractivity contribution < 1.29 is 14.8 Å². The molecule has 18 heavy (non-hydrogen) atoms. The van der Waals surface area contributed by atoms with Crippen molar-refractivity contribution >= 4 is 23.2 Å². The Morgan fingerprint density at radius 1 is 1.67 bits per heavy atom. The van der Waals surface area contributed by atoms with E-state index in [1.807, 2.05) is 0 Å². The predicted octanol–water partition coefficient (Wildman–Crippen LogP) is 1.14. The summed E-state index contributed by atoms with van der Waals surface area (Å²) in [6, 6.07) is 1.04. The smallest absolute Gasteiger partial charge is 0.288 e. The van der Waals surface area contributed by atoms with Gasteiger partial charge in [-0.3, -0.25) is 14.9 Å². The largest absolute Gasteiger partial charge is 0.394 e. The number of hydrogen-bond donors (Lipinski definition) is 2. The van der Waals surface area contributed by atoms with Gasteiger partial charge in [-0.25, -0.2) is 4.98 Å². The van der Waals surface area contributed by atoms with Gasteiger partial charge in [0.25, 0.3) is 11.6 Å². The number of nitro groups is 1. The van der Waals surface area contributed by atoms with Crippen LogP contribution in [0.25, 0.3) is 0 Å². The molecule has 1 heterocycles. The normalized spacial score (nSPS) is 11.1. The highest BCUT2D eigenvalue weighted by Gasteiger charge is 2.23. The zero-order valence-electron chi connectivity index (χ0n) is 9.81. The SMILES string of the molecule is CC(C)(CO)NC(=O)c1cc([N+](=O)[O-])cnc1Cl. The van der Waals surface area contributed by atoms with E-state index in [2.05, 4.69) is 10.3 Å². The van der Waals surface area contributed by atoms with E-state index >= 15 is 0 Å². The van der Waals surface area contributed by atoms with Crippen LogP contribution in [0.1, 0.15) is 24.2 Å². The van der Waals surface area contributed by atoms with Crippen LogP contribution in [-0.2, 0) is 0 Å². The minimum Gasteiger partial charge on any atom is -0.394 e. The summed E-state index contributed by atoms with van der Waals surface area (Å²) < 4.78 is 0. The van der Waals surface area contributed by atoms with Crippen molar-refractivity contribution in [3.05, 3.63) is 33.1 Å². The second kappa shape index (κ2) is 5.28. The molecule has 0 atom stereocenters. The van der Waals surface area contributed by atoms with Crippen molar-refractivity contribution in [2.45, 2.75) is 19.4 Å². The molecule has 0 bridgehead atoms. The Hall–Kier alpha value is -1.73. The first-order valence-electron chi connectivity index (χ1n) is 5.00. The van der Waals surface area contributed by atoms with Gasteiger partial charge in [0, 0.05) is 6.07 Å². The van der Waals surface area contributed by atoms with E-state index in [4.69, 9.17) is 16.7 Å². The van der Waals surface area contributed by atoms with Crippen LogP contribution in [0.15, 0.2) is 12.3 Å². The minimum atomic E-state index is -0.856. The fourth-order valence-electron chi connectivity index (χ4n) is 1.11. The number of carbonyl (C=O) groups is 1. The molecule has 0 aromatic carbocycles. The van der Waals surface area contributed by atoms with Crippen molar-refractivity contribution in [3.63, 3.8) is 0 Å². The van der Waals surface area contributed by atoms with Gasteiger partial charge in [-0.1, -0.05) is 11.6 Å². The Balaban J connectivity index is 3.05. The summed E-state index contributed by atoms with van der Waals surface area (Å²) >= 11 is 5.71. The fraction of sp³-hybridized carbons (Fsp3) is 0.400. The Morgan fingerprint density at radius 2 is 2.28 bits per heavy atom. The molecule has 1 aromatic heterocycles. The van der Waals surface area contributed by atoms with E-state index in [-0.39, 0.29) is 23.0 Å². The zero-order valence-corrected chi connectivity index (χ0v) is 10.6. The fourth-order valence-corrected chi connectivity index (χ4v) is 1.30. The van der Waals surface area contributed by atoms with E-state index in [1.54, 1.807) is 13.8 Å². The lowest BCUT2D eigenvalue weighted by molar-refractivity contribution is -0.385. The van der Waals surface area contributed by atoms with Crippen LogP contribution in [0.5, 0.6) is 0 Å². The molecule has 1 amide bonds. The summed E-state index contributed by atoms with van der Waals surface area (Å²) in [5.74, 6) is -0.629. The summed E-state index contributed by atoms with van der Waals surface area (Å²) in [5.41, 5.74) is -1.29. The molecule has 0 aliphatic rings. The number of carbonyl (C=O) groups excluding carboxylic acids is 1. The van der Waals surface area contributed by atoms with Crippen molar-refractivity contribution in [2.75, 3.05) is 6.61 Å². The summed E-state index contributed by atoms with van der Waals surface area (Å²) in [5, 5.41) is 22.0. The Kier molecular flexibility index (Phi) is 4.20. The number of nitrogens with zero attached hydrogens (tertiary/aromatic N) is 2. The number of aliphatic hydroxyl groups excluding tert-OH is 1. The topological polar surface area (TPSA) is 105 Å². The Bertz CT molecular complexity index is 490. The van der Waals surface area contributed by atoms with Gasteiger partial charge in [0.1, 0.15) is 11.3 Å². The first-order chi connectivity index (χ1) is 8.26. The van der Waals surface area contributed by atoms with Crippen LogP contribution in [0.4, 0.5) is 5.69 Å². The molecule has 0 spiro atoms. The zero-order chi connectivity index (χ0) is 13.9. The number of rotatable bonds is 4. The van der Waals surface area contributed by atoms with Crippen LogP contribution in [0.3, 0.4) is 0 Å². The van der Waals surface area contributed by atoms with Gasteiger partial charge in [-0.05, 0) is 13.8 Å². The van der Waals surface area contributed by atoms with Crippen molar-refractivity contribution in [1.82, 2.24) is 10.3 Å². The predicted molar refractivity (Wildman–Crippen MR) is 64.5 cm³/mol.